The first-order chi connectivity index (χ1) is 13.1. The molecule has 152 valence electrons. The molecule has 0 saturated carbocycles. The minimum Gasteiger partial charge on any atom is -0.507 e. The molecule has 1 aromatic heterocycles. The second-order valence-electron chi connectivity index (χ2n) is 7.04. The summed E-state index contributed by atoms with van der Waals surface area (Å²) in [5, 5.41) is 50.5. The number of benzene rings is 1. The molecule has 1 fully saturated rings. The molecule has 3 rings (SSSR count). The number of carbonyl (C=O) groups excluding carboxylic acids is 1. The summed E-state index contributed by atoms with van der Waals surface area (Å²) in [7, 11) is 0. The SMILES string of the molecule is CC(=O)Cc1cc(=O)c2c(C)cc(O)c([C@@H]3OC(CO)[C@H](O)C(O)C3O)c2o1. The van der Waals surface area contributed by atoms with Crippen molar-refractivity contribution in [2.45, 2.75) is 50.8 Å². The van der Waals surface area contributed by atoms with Gasteiger partial charge in [0.15, 0.2) is 5.43 Å². The third-order valence-electron chi connectivity index (χ3n) is 4.87. The van der Waals surface area contributed by atoms with Gasteiger partial charge in [-0.15, -0.1) is 0 Å². The number of aliphatic hydroxyl groups excluding tert-OH is 4. The number of phenolic OH excluding ortho intramolecular Hbond substituents is 1. The number of carbonyl (C=O) groups is 1. The number of fused-ring (bicyclic) bond motifs is 1. The van der Waals surface area contributed by atoms with Crippen LogP contribution in [0.25, 0.3) is 11.0 Å². The Morgan fingerprint density at radius 2 is 1.82 bits per heavy atom. The third kappa shape index (κ3) is 3.43. The molecule has 1 aliphatic heterocycles. The van der Waals surface area contributed by atoms with Crippen molar-refractivity contribution in [3.8, 4) is 5.75 Å². The van der Waals surface area contributed by atoms with Crippen molar-refractivity contribution < 1.29 is 39.5 Å². The first-order valence-electron chi connectivity index (χ1n) is 8.74. The van der Waals surface area contributed by atoms with Gasteiger partial charge in [-0.25, -0.2) is 0 Å². The van der Waals surface area contributed by atoms with Gasteiger partial charge in [0.2, 0.25) is 0 Å². The van der Waals surface area contributed by atoms with Crippen LogP contribution in [0.2, 0.25) is 0 Å². The minimum absolute atomic E-state index is 0.0702. The van der Waals surface area contributed by atoms with Crippen molar-refractivity contribution >= 4 is 16.8 Å². The summed E-state index contributed by atoms with van der Waals surface area (Å²) in [6.45, 7) is 2.27. The fourth-order valence-electron chi connectivity index (χ4n) is 3.52. The van der Waals surface area contributed by atoms with Crippen LogP contribution in [0.3, 0.4) is 0 Å². The van der Waals surface area contributed by atoms with E-state index in [0.717, 1.165) is 0 Å². The van der Waals surface area contributed by atoms with E-state index in [-0.39, 0.29) is 40.2 Å². The molecule has 2 aromatic rings. The number of hydrogen-bond donors (Lipinski definition) is 5. The van der Waals surface area contributed by atoms with E-state index in [1.807, 2.05) is 0 Å². The van der Waals surface area contributed by atoms with Crippen molar-refractivity contribution in [3.05, 3.63) is 39.2 Å². The molecule has 9 nitrogen and oxygen atoms in total. The lowest BCUT2D eigenvalue weighted by Crippen LogP contribution is -2.55. The van der Waals surface area contributed by atoms with Crippen molar-refractivity contribution in [2.24, 2.45) is 0 Å². The summed E-state index contributed by atoms with van der Waals surface area (Å²) in [6.07, 6.45) is -7.65. The van der Waals surface area contributed by atoms with Gasteiger partial charge in [-0.05, 0) is 25.5 Å². The highest BCUT2D eigenvalue weighted by Crippen LogP contribution is 2.41. The number of ketones is 1. The molecule has 0 radical (unpaired) electrons. The Morgan fingerprint density at radius 3 is 2.43 bits per heavy atom. The molecule has 0 aliphatic carbocycles. The van der Waals surface area contributed by atoms with Gasteiger partial charge in [0.05, 0.1) is 24.0 Å². The lowest BCUT2D eigenvalue weighted by atomic mass is 9.89. The minimum atomic E-state index is -1.67. The van der Waals surface area contributed by atoms with E-state index in [0.29, 0.717) is 5.56 Å². The molecule has 0 amide bonds. The van der Waals surface area contributed by atoms with E-state index >= 15 is 0 Å². The third-order valence-corrected chi connectivity index (χ3v) is 4.87. The number of aromatic hydroxyl groups is 1. The molecule has 28 heavy (non-hydrogen) atoms. The predicted octanol–water partition coefficient (Wildman–Crippen LogP) is -0.547. The van der Waals surface area contributed by atoms with Gasteiger partial charge < -0.3 is 34.7 Å². The average molecular weight is 394 g/mol. The summed E-state index contributed by atoms with van der Waals surface area (Å²) in [5.74, 6) is -0.535. The van der Waals surface area contributed by atoms with Gasteiger partial charge in [-0.1, -0.05) is 0 Å². The number of rotatable bonds is 4. The van der Waals surface area contributed by atoms with Crippen molar-refractivity contribution in [3.63, 3.8) is 0 Å². The second kappa shape index (κ2) is 7.61. The average Bonchev–Trinajstić information content (AvgIpc) is 2.60. The summed E-state index contributed by atoms with van der Waals surface area (Å²) in [6, 6.07) is 2.48. The van der Waals surface area contributed by atoms with E-state index < -0.39 is 42.6 Å². The Kier molecular flexibility index (Phi) is 5.55. The van der Waals surface area contributed by atoms with Crippen LogP contribution in [0.15, 0.2) is 21.3 Å². The molecule has 1 aliphatic rings. The van der Waals surface area contributed by atoms with Gasteiger partial charge in [0.1, 0.15) is 53.4 Å². The van der Waals surface area contributed by atoms with E-state index in [4.69, 9.17) is 9.15 Å². The maximum Gasteiger partial charge on any atom is 0.193 e. The van der Waals surface area contributed by atoms with Crippen molar-refractivity contribution in [1.82, 2.24) is 0 Å². The highest BCUT2D eigenvalue weighted by Gasteiger charge is 2.45. The Balaban J connectivity index is 2.26. The maximum atomic E-state index is 12.6. The van der Waals surface area contributed by atoms with Gasteiger partial charge in [-0.3, -0.25) is 9.59 Å². The van der Waals surface area contributed by atoms with Gasteiger partial charge in [0.25, 0.3) is 0 Å². The van der Waals surface area contributed by atoms with Crippen LogP contribution in [-0.4, -0.2) is 62.3 Å². The zero-order chi connectivity index (χ0) is 20.7. The molecule has 5 N–H and O–H groups in total. The van der Waals surface area contributed by atoms with Gasteiger partial charge in [0, 0.05) is 6.07 Å². The number of hydrogen-bond acceptors (Lipinski definition) is 9. The molecule has 5 atom stereocenters. The highest BCUT2D eigenvalue weighted by atomic mass is 16.5. The number of ether oxygens (including phenoxy) is 1. The van der Waals surface area contributed by atoms with Crippen molar-refractivity contribution in [1.29, 1.82) is 0 Å². The number of aryl methyl sites for hydroxylation is 1. The van der Waals surface area contributed by atoms with Crippen molar-refractivity contribution in [2.75, 3.05) is 6.61 Å². The highest BCUT2D eigenvalue weighted by molar-refractivity contribution is 5.86. The van der Waals surface area contributed by atoms with Gasteiger partial charge >= 0.3 is 0 Å². The molecule has 0 spiro atoms. The monoisotopic (exact) mass is 394 g/mol. The zero-order valence-corrected chi connectivity index (χ0v) is 15.3. The Bertz CT molecular complexity index is 962. The Hall–Kier alpha value is -2.30. The van der Waals surface area contributed by atoms with E-state index in [1.165, 1.54) is 19.1 Å². The number of Topliss-reactive ketones (excluding diaryl/α,β-unsaturated/α-hetero) is 1. The molecule has 0 bridgehead atoms. The van der Waals surface area contributed by atoms with Crippen LogP contribution in [0.4, 0.5) is 0 Å². The normalized spacial score (nSPS) is 27.9. The fourth-order valence-corrected chi connectivity index (χ4v) is 3.52. The van der Waals surface area contributed by atoms with E-state index in [9.17, 15) is 35.1 Å². The standard InChI is InChI=1S/C19H22O9/c1-7-3-10(22)14(19-17(26)16(25)15(24)12(6-20)28-19)18-13(7)11(23)5-9(27-18)4-8(2)21/h3,5,12,15-17,19-20,22,24-26H,4,6H2,1-2H3/t12?,15-,16?,17?,19-/m0/s1. The summed E-state index contributed by atoms with van der Waals surface area (Å²) in [5.41, 5.74) is -0.240. The van der Waals surface area contributed by atoms with E-state index in [2.05, 4.69) is 0 Å². The van der Waals surface area contributed by atoms with E-state index in [1.54, 1.807) is 6.92 Å². The fraction of sp³-hybridized carbons (Fsp3) is 0.474. The first-order valence-corrected chi connectivity index (χ1v) is 8.74. The molecular formula is C19H22O9. The maximum absolute atomic E-state index is 12.6. The largest absolute Gasteiger partial charge is 0.507 e. The summed E-state index contributed by atoms with van der Waals surface area (Å²) in [4.78, 5) is 24.0. The molecule has 1 saturated heterocycles. The van der Waals surface area contributed by atoms with Crippen LogP contribution in [-0.2, 0) is 16.0 Å². The van der Waals surface area contributed by atoms with Crippen LogP contribution in [0.1, 0.15) is 29.9 Å². The lowest BCUT2D eigenvalue weighted by molar-refractivity contribution is -0.231. The molecule has 9 heteroatoms. The lowest BCUT2D eigenvalue weighted by Gasteiger charge is -2.40. The van der Waals surface area contributed by atoms with Crippen LogP contribution in [0.5, 0.6) is 5.75 Å². The second-order valence-corrected chi connectivity index (χ2v) is 7.04. The van der Waals surface area contributed by atoms with Crippen LogP contribution < -0.4 is 5.43 Å². The number of aliphatic hydroxyl groups is 4. The summed E-state index contributed by atoms with van der Waals surface area (Å²) < 4.78 is 11.2. The Labute approximate surface area is 159 Å². The van der Waals surface area contributed by atoms with Gasteiger partial charge in [-0.2, -0.15) is 0 Å². The topological polar surface area (TPSA) is 158 Å². The molecule has 3 unspecified atom stereocenters. The predicted molar refractivity (Wildman–Crippen MR) is 96.0 cm³/mol. The van der Waals surface area contributed by atoms with Crippen LogP contribution in [0, 0.1) is 6.92 Å². The molecule has 2 heterocycles. The Morgan fingerprint density at radius 1 is 1.14 bits per heavy atom. The van der Waals surface area contributed by atoms with Crippen LogP contribution >= 0.6 is 0 Å². The molecule has 1 aromatic carbocycles. The summed E-state index contributed by atoms with van der Waals surface area (Å²) >= 11 is 0. The smallest absolute Gasteiger partial charge is 0.193 e. The number of phenols is 1. The first kappa shape index (κ1) is 20.4. The quantitative estimate of drug-likeness (QED) is 0.459. The molecular weight excluding hydrogens is 372 g/mol. The zero-order valence-electron chi connectivity index (χ0n) is 15.3.